The van der Waals surface area contributed by atoms with Gasteiger partial charge in [-0.05, 0) is 33.7 Å². The molecule has 1 N–H and O–H groups in total. The van der Waals surface area contributed by atoms with Crippen LogP contribution in [0.5, 0.6) is 0 Å². The van der Waals surface area contributed by atoms with Crippen LogP contribution in [0, 0.1) is 0 Å². The van der Waals surface area contributed by atoms with Crippen molar-refractivity contribution >= 4 is 0 Å². The molecule has 17 heavy (non-hydrogen) atoms. The zero-order valence-corrected chi connectivity index (χ0v) is 12.1. The van der Waals surface area contributed by atoms with Gasteiger partial charge < -0.3 is 10.1 Å². The first-order valence-corrected chi connectivity index (χ1v) is 7.14. The van der Waals surface area contributed by atoms with E-state index in [2.05, 4.69) is 37.9 Å². The summed E-state index contributed by atoms with van der Waals surface area (Å²) in [4.78, 5) is 2.51. The highest BCUT2D eigenvalue weighted by atomic mass is 16.5. The monoisotopic (exact) mass is 242 g/mol. The van der Waals surface area contributed by atoms with Gasteiger partial charge in [0.1, 0.15) is 0 Å². The molecule has 0 amide bonds. The van der Waals surface area contributed by atoms with Crippen LogP contribution in [-0.2, 0) is 4.74 Å². The van der Waals surface area contributed by atoms with Gasteiger partial charge >= 0.3 is 0 Å². The number of hydrogen-bond acceptors (Lipinski definition) is 3. The van der Waals surface area contributed by atoms with Gasteiger partial charge in [-0.2, -0.15) is 0 Å². The molecule has 0 aromatic heterocycles. The lowest BCUT2D eigenvalue weighted by atomic mass is 10.1. The quantitative estimate of drug-likeness (QED) is 0.693. The Balaban J connectivity index is 2.10. The smallest absolute Gasteiger partial charge is 0.0757 e. The Hall–Kier alpha value is -0.120. The number of unbranched alkanes of at least 4 members (excludes halogenated alkanes) is 2. The van der Waals surface area contributed by atoms with Crippen LogP contribution in [0.1, 0.15) is 47.0 Å². The van der Waals surface area contributed by atoms with Gasteiger partial charge in [0.05, 0.1) is 11.7 Å². The molecule has 1 aliphatic rings. The molecule has 1 fully saturated rings. The maximum atomic E-state index is 5.90. The first-order chi connectivity index (χ1) is 8.03. The Morgan fingerprint density at radius 3 is 2.71 bits per heavy atom. The second-order valence-electron chi connectivity index (χ2n) is 5.88. The van der Waals surface area contributed by atoms with E-state index >= 15 is 0 Å². The maximum absolute atomic E-state index is 5.90. The summed E-state index contributed by atoms with van der Waals surface area (Å²) < 4.78 is 5.90. The Morgan fingerprint density at radius 2 is 2.06 bits per heavy atom. The van der Waals surface area contributed by atoms with Crippen molar-refractivity contribution in [3.05, 3.63) is 0 Å². The summed E-state index contributed by atoms with van der Waals surface area (Å²) in [6.07, 6.45) is 4.31. The minimum Gasteiger partial charge on any atom is -0.370 e. The molecule has 1 rings (SSSR count). The zero-order valence-electron chi connectivity index (χ0n) is 12.1. The highest BCUT2D eigenvalue weighted by Crippen LogP contribution is 2.20. The number of hydrogen-bond donors (Lipinski definition) is 1. The SMILES string of the molecule is CCCCCNCCN1CC(C)OC(C)(C)C1. The van der Waals surface area contributed by atoms with E-state index in [-0.39, 0.29) is 5.60 Å². The lowest BCUT2D eigenvalue weighted by molar-refractivity contribution is -0.128. The minimum absolute atomic E-state index is 0.0138. The van der Waals surface area contributed by atoms with Crippen LogP contribution in [-0.4, -0.2) is 49.3 Å². The second kappa shape index (κ2) is 7.34. The summed E-state index contributed by atoms with van der Waals surface area (Å²) in [5, 5.41) is 3.53. The molecule has 102 valence electrons. The van der Waals surface area contributed by atoms with Gasteiger partial charge in [-0.3, -0.25) is 4.90 Å². The molecule has 0 spiro atoms. The summed E-state index contributed by atoms with van der Waals surface area (Å²) in [5.74, 6) is 0. The van der Waals surface area contributed by atoms with Gasteiger partial charge in [0.2, 0.25) is 0 Å². The van der Waals surface area contributed by atoms with Gasteiger partial charge in [-0.1, -0.05) is 19.8 Å². The molecule has 1 atom stereocenters. The lowest BCUT2D eigenvalue weighted by Gasteiger charge is -2.41. The van der Waals surface area contributed by atoms with Gasteiger partial charge in [-0.15, -0.1) is 0 Å². The Morgan fingerprint density at radius 1 is 1.29 bits per heavy atom. The molecule has 3 nitrogen and oxygen atoms in total. The molecular formula is C14H30N2O. The van der Waals surface area contributed by atoms with E-state index in [1.807, 2.05) is 0 Å². The van der Waals surface area contributed by atoms with Crippen LogP contribution in [0.4, 0.5) is 0 Å². The molecule has 0 aliphatic carbocycles. The number of nitrogens with one attached hydrogen (secondary N) is 1. The van der Waals surface area contributed by atoms with E-state index < -0.39 is 0 Å². The molecule has 1 aliphatic heterocycles. The summed E-state index contributed by atoms with van der Waals surface area (Å²) in [6.45, 7) is 14.3. The third kappa shape index (κ3) is 6.39. The number of rotatable bonds is 7. The molecule has 3 heteroatoms. The minimum atomic E-state index is 0.0138. The van der Waals surface area contributed by atoms with E-state index in [1.54, 1.807) is 0 Å². The highest BCUT2D eigenvalue weighted by Gasteiger charge is 2.30. The fourth-order valence-corrected chi connectivity index (χ4v) is 2.62. The van der Waals surface area contributed by atoms with Crippen molar-refractivity contribution in [3.63, 3.8) is 0 Å². The fourth-order valence-electron chi connectivity index (χ4n) is 2.62. The number of morpholine rings is 1. The van der Waals surface area contributed by atoms with Gasteiger partial charge in [0.15, 0.2) is 0 Å². The van der Waals surface area contributed by atoms with Crippen molar-refractivity contribution in [2.45, 2.75) is 58.7 Å². The topological polar surface area (TPSA) is 24.5 Å². The maximum Gasteiger partial charge on any atom is 0.0757 e. The largest absolute Gasteiger partial charge is 0.370 e. The van der Waals surface area contributed by atoms with Crippen molar-refractivity contribution in [1.82, 2.24) is 10.2 Å². The molecule has 1 unspecified atom stereocenters. The van der Waals surface area contributed by atoms with E-state index in [0.717, 1.165) is 32.7 Å². The first kappa shape index (κ1) is 14.9. The van der Waals surface area contributed by atoms with E-state index in [9.17, 15) is 0 Å². The summed E-state index contributed by atoms with van der Waals surface area (Å²) >= 11 is 0. The van der Waals surface area contributed by atoms with Crippen LogP contribution in [0.3, 0.4) is 0 Å². The fraction of sp³-hybridized carbons (Fsp3) is 1.00. The summed E-state index contributed by atoms with van der Waals surface area (Å²) in [6, 6.07) is 0. The van der Waals surface area contributed by atoms with Crippen molar-refractivity contribution in [1.29, 1.82) is 0 Å². The Labute approximate surface area is 107 Å². The Kier molecular flexibility index (Phi) is 6.45. The Bertz CT molecular complexity index is 206. The van der Waals surface area contributed by atoms with E-state index in [4.69, 9.17) is 4.74 Å². The van der Waals surface area contributed by atoms with E-state index in [0.29, 0.717) is 6.10 Å². The van der Waals surface area contributed by atoms with Gasteiger partial charge in [0.25, 0.3) is 0 Å². The third-order valence-electron chi connectivity index (χ3n) is 3.20. The van der Waals surface area contributed by atoms with Crippen LogP contribution in [0.15, 0.2) is 0 Å². The summed E-state index contributed by atoms with van der Waals surface area (Å²) in [5.41, 5.74) is 0.0138. The molecule has 1 saturated heterocycles. The lowest BCUT2D eigenvalue weighted by Crippen LogP contribution is -2.53. The molecule has 0 aromatic carbocycles. The van der Waals surface area contributed by atoms with Crippen LogP contribution in [0.2, 0.25) is 0 Å². The van der Waals surface area contributed by atoms with Crippen molar-refractivity contribution in [2.75, 3.05) is 32.7 Å². The normalized spacial score (nSPS) is 25.1. The van der Waals surface area contributed by atoms with Gasteiger partial charge in [0, 0.05) is 26.2 Å². The average molecular weight is 242 g/mol. The summed E-state index contributed by atoms with van der Waals surface area (Å²) in [7, 11) is 0. The standard InChI is InChI=1S/C14H30N2O/c1-5-6-7-8-15-9-10-16-11-13(2)17-14(3,4)12-16/h13,15H,5-12H2,1-4H3. The van der Waals surface area contributed by atoms with Crippen molar-refractivity contribution in [3.8, 4) is 0 Å². The molecular weight excluding hydrogens is 212 g/mol. The van der Waals surface area contributed by atoms with Crippen molar-refractivity contribution < 1.29 is 4.74 Å². The molecule has 0 saturated carbocycles. The van der Waals surface area contributed by atoms with Crippen LogP contribution in [0.25, 0.3) is 0 Å². The first-order valence-electron chi connectivity index (χ1n) is 7.14. The molecule has 0 bridgehead atoms. The second-order valence-corrected chi connectivity index (χ2v) is 5.88. The third-order valence-corrected chi connectivity index (χ3v) is 3.20. The number of ether oxygens (including phenoxy) is 1. The highest BCUT2D eigenvalue weighted by molar-refractivity contribution is 4.82. The number of nitrogens with zero attached hydrogens (tertiary/aromatic N) is 1. The molecule has 0 aromatic rings. The predicted molar refractivity (Wildman–Crippen MR) is 73.5 cm³/mol. The predicted octanol–water partition coefficient (Wildman–Crippen LogP) is 2.27. The van der Waals surface area contributed by atoms with Crippen LogP contribution >= 0.6 is 0 Å². The van der Waals surface area contributed by atoms with E-state index in [1.165, 1.54) is 19.3 Å². The molecule has 1 heterocycles. The average Bonchev–Trinajstić information content (AvgIpc) is 2.20. The molecule has 0 radical (unpaired) electrons. The van der Waals surface area contributed by atoms with Crippen molar-refractivity contribution in [2.24, 2.45) is 0 Å². The zero-order chi connectivity index (χ0) is 12.7. The van der Waals surface area contributed by atoms with Crippen LogP contribution < -0.4 is 5.32 Å². The van der Waals surface area contributed by atoms with Gasteiger partial charge in [-0.25, -0.2) is 0 Å².